The number of hydrogen-bond donors (Lipinski definition) is 0. The van der Waals surface area contributed by atoms with Crippen molar-refractivity contribution >= 4 is 54.6 Å². The van der Waals surface area contributed by atoms with E-state index in [1.165, 1.54) is 5.56 Å². The minimum absolute atomic E-state index is 0.110. The quantitative estimate of drug-likeness (QED) is 0.107. The molecule has 0 amide bonds. The average Bonchev–Trinajstić information content (AvgIpc) is 4.24. The van der Waals surface area contributed by atoms with Crippen molar-refractivity contribution in [3.05, 3.63) is 241 Å². The van der Waals surface area contributed by atoms with E-state index in [4.69, 9.17) is 13.8 Å². The Kier molecular flexibility index (Phi) is 10.1. The molecule has 0 saturated carbocycles. The van der Waals surface area contributed by atoms with E-state index in [0.717, 1.165) is 94.1 Å². The Balaban J connectivity index is 1.03. The van der Waals surface area contributed by atoms with Crippen LogP contribution in [0.4, 0.5) is 0 Å². The number of aromatic nitrogens is 5. The molecule has 0 unspecified atom stereocenters. The van der Waals surface area contributed by atoms with Gasteiger partial charge in [0.25, 0.3) is 6.33 Å². The van der Waals surface area contributed by atoms with Crippen LogP contribution in [0.25, 0.3) is 99.8 Å². The lowest BCUT2D eigenvalue weighted by Crippen LogP contribution is -2.31. The van der Waals surface area contributed by atoms with Crippen LogP contribution in [0.3, 0.4) is 0 Å². The lowest BCUT2D eigenvalue weighted by atomic mass is 9.78. The second-order valence-electron chi connectivity index (χ2n) is 22.5. The topological polar surface area (TPSA) is 40.8 Å². The van der Waals surface area contributed by atoms with Gasteiger partial charge in [0.2, 0.25) is 0 Å². The number of rotatable bonds is 9. The maximum atomic E-state index is 9.32. The van der Waals surface area contributed by atoms with Crippen LogP contribution in [0.2, 0.25) is 0 Å². The molecule has 376 valence electrons. The molecule has 13 aromatic rings. The summed E-state index contributed by atoms with van der Waals surface area (Å²) in [5, 5.41) is 4.48. The van der Waals surface area contributed by atoms with Crippen molar-refractivity contribution in [2.75, 3.05) is 0 Å². The molecule has 0 radical (unpaired) electrons. The minimum atomic E-state index is -0.444. The summed E-state index contributed by atoms with van der Waals surface area (Å²) in [6.45, 7) is 17.7. The van der Waals surface area contributed by atoms with Gasteiger partial charge < -0.3 is 9.30 Å². The van der Waals surface area contributed by atoms with Gasteiger partial charge in [0, 0.05) is 39.9 Å². The molecule has 13 rings (SSSR count). The highest BCUT2D eigenvalue weighted by Gasteiger charge is 2.26. The number of imidazole rings is 1. The Morgan fingerprint density at radius 1 is 0.532 bits per heavy atom. The predicted molar refractivity (Wildman–Crippen MR) is 319 cm³/mol. The molecular formula is C71H61N5O. The summed E-state index contributed by atoms with van der Waals surface area (Å²) in [5.74, 6) is 2.34. The van der Waals surface area contributed by atoms with Gasteiger partial charge in [-0.3, -0.25) is 13.7 Å². The summed E-state index contributed by atoms with van der Waals surface area (Å²) in [6, 6.07) is 61.1. The molecule has 9 aromatic carbocycles. The van der Waals surface area contributed by atoms with Crippen LogP contribution < -0.4 is 9.30 Å². The molecule has 0 atom stereocenters. The first-order valence-corrected chi connectivity index (χ1v) is 26.5. The minimum Gasteiger partial charge on any atom is -0.458 e. The van der Waals surface area contributed by atoms with Crippen LogP contribution in [0, 0.1) is 6.33 Å². The molecule has 0 N–H and O–H groups in total. The monoisotopic (exact) mass is 1000 g/mol. The Morgan fingerprint density at radius 3 is 1.79 bits per heavy atom. The van der Waals surface area contributed by atoms with Crippen LogP contribution in [0.5, 0.6) is 11.5 Å². The Labute approximate surface area is 457 Å². The van der Waals surface area contributed by atoms with Crippen molar-refractivity contribution in [1.82, 2.24) is 18.7 Å². The summed E-state index contributed by atoms with van der Waals surface area (Å²) in [4.78, 5) is 5.02. The highest BCUT2D eigenvalue weighted by molar-refractivity contribution is 6.16. The molecule has 6 heteroatoms. The molecule has 0 aliphatic heterocycles. The zero-order valence-corrected chi connectivity index (χ0v) is 44.6. The molecule has 0 saturated heterocycles. The van der Waals surface area contributed by atoms with Gasteiger partial charge in [0.1, 0.15) is 17.3 Å². The van der Waals surface area contributed by atoms with Gasteiger partial charge in [-0.25, -0.2) is 4.98 Å². The van der Waals surface area contributed by atoms with Crippen LogP contribution in [-0.2, 0) is 10.8 Å². The smallest absolute Gasteiger partial charge is 0.269 e. The number of ether oxygens (including phenoxy) is 1. The molecule has 0 aliphatic rings. The summed E-state index contributed by atoms with van der Waals surface area (Å²) >= 11 is 0. The summed E-state index contributed by atoms with van der Waals surface area (Å²) in [7, 11) is 0. The third-order valence-electron chi connectivity index (χ3n) is 15.1. The van der Waals surface area contributed by atoms with Gasteiger partial charge in [0.05, 0.1) is 57.0 Å². The van der Waals surface area contributed by atoms with Crippen molar-refractivity contribution < 1.29 is 16.2 Å². The van der Waals surface area contributed by atoms with E-state index in [2.05, 4.69) is 192 Å². The summed E-state index contributed by atoms with van der Waals surface area (Å²) < 4.78 is 60.6. The maximum Gasteiger partial charge on any atom is 0.269 e. The van der Waals surface area contributed by atoms with Crippen LogP contribution >= 0.6 is 0 Å². The summed E-state index contributed by atoms with van der Waals surface area (Å²) in [6.07, 6.45) is 5.65. The lowest BCUT2D eigenvalue weighted by Gasteiger charge is -2.27. The van der Waals surface area contributed by atoms with Crippen LogP contribution in [0.15, 0.2) is 218 Å². The third kappa shape index (κ3) is 8.27. The Morgan fingerprint density at radius 2 is 1.13 bits per heavy atom. The van der Waals surface area contributed by atoms with Crippen molar-refractivity contribution in [3.63, 3.8) is 0 Å². The fourth-order valence-electron chi connectivity index (χ4n) is 11.1. The molecule has 6 nitrogen and oxygen atoms in total. The van der Waals surface area contributed by atoms with E-state index in [1.54, 1.807) is 0 Å². The molecule has 0 spiro atoms. The zero-order chi connectivity index (χ0) is 57.1. The first-order valence-electron chi connectivity index (χ1n) is 29.0. The molecular weight excluding hydrogens is 939 g/mol. The molecule has 77 heavy (non-hydrogen) atoms. The first kappa shape index (κ1) is 42.2. The molecule has 0 fully saturated rings. The van der Waals surface area contributed by atoms with Gasteiger partial charge in [-0.05, 0) is 104 Å². The van der Waals surface area contributed by atoms with Crippen molar-refractivity contribution in [1.29, 1.82) is 0 Å². The van der Waals surface area contributed by atoms with Crippen molar-refractivity contribution in [2.24, 2.45) is 0 Å². The normalized spacial score (nSPS) is 13.2. The predicted octanol–water partition coefficient (Wildman–Crippen LogP) is 18.1. The van der Waals surface area contributed by atoms with Gasteiger partial charge in [-0.15, -0.1) is 0 Å². The van der Waals surface area contributed by atoms with Gasteiger partial charge in [-0.1, -0.05) is 207 Å². The van der Waals surface area contributed by atoms with E-state index in [9.17, 15) is 2.74 Å². The highest BCUT2D eigenvalue weighted by Crippen LogP contribution is 2.44. The lowest BCUT2D eigenvalue weighted by molar-refractivity contribution is -0.571. The number of para-hydroxylation sites is 6. The number of fused-ring (bicyclic) bond motifs is 7. The van der Waals surface area contributed by atoms with Gasteiger partial charge >= 0.3 is 0 Å². The van der Waals surface area contributed by atoms with E-state index < -0.39 is 18.1 Å². The van der Waals surface area contributed by atoms with Crippen molar-refractivity contribution in [3.8, 4) is 56.6 Å². The first-order chi connectivity index (χ1) is 39.3. The van der Waals surface area contributed by atoms with Gasteiger partial charge in [0.15, 0.2) is 0 Å². The Bertz CT molecular complexity index is 4630. The van der Waals surface area contributed by atoms with Crippen LogP contribution in [-0.4, -0.2) is 18.7 Å². The maximum absolute atomic E-state index is 9.32. The Hall–Kier alpha value is -9.00. The zero-order valence-electron chi connectivity index (χ0n) is 49.6. The fraction of sp³-hybridized carbons (Fsp3) is 0.155. The van der Waals surface area contributed by atoms with Gasteiger partial charge in [-0.2, -0.15) is 0 Å². The second-order valence-corrected chi connectivity index (χ2v) is 22.5. The molecule has 0 bridgehead atoms. The number of benzene rings is 9. The number of pyridine rings is 1. The fourth-order valence-corrected chi connectivity index (χ4v) is 11.1. The largest absolute Gasteiger partial charge is 0.458 e. The van der Waals surface area contributed by atoms with E-state index >= 15 is 0 Å². The van der Waals surface area contributed by atoms with Crippen molar-refractivity contribution in [2.45, 2.75) is 72.1 Å². The molecule has 4 heterocycles. The van der Waals surface area contributed by atoms with E-state index in [1.807, 2.05) is 76.0 Å². The van der Waals surface area contributed by atoms with E-state index in [-0.39, 0.29) is 28.5 Å². The second kappa shape index (κ2) is 18.4. The van der Waals surface area contributed by atoms with Crippen LogP contribution in [0.1, 0.15) is 84.9 Å². The number of nitrogens with zero attached hydrogens (tertiary/aromatic N) is 5. The SMILES string of the molecule is [2H]c1c([2H])c([2H])c(-c2cccc(-c3cc(C(C)(C)C)cc(C(C)(C)C)c3)c2-[n+]2[c-]n(-c3cccc(Oc4cc(-n5c6ccccc6c6ccccc65)c5c6ccccc6n(-c6cc(C(C)C)ccn6)c5c4)c3)c3ccccc32)c([2H])c1[2H]. The number of hydrogen-bond acceptors (Lipinski definition) is 2. The third-order valence-corrected chi connectivity index (χ3v) is 15.1. The molecule has 4 aromatic heterocycles. The summed E-state index contributed by atoms with van der Waals surface area (Å²) in [5.41, 5.74) is 13.6. The average molecular weight is 1010 g/mol. The standard InChI is InChI=1S/C71H61N5O/c1-46(2)48-36-37-72-67(40-48)76-62-33-17-14-28-59(62)68-65(75-60-31-15-12-26-57(60)58-27-13-16-32-61(58)75)43-54(44-66(68)76)77-53-25-20-24-52(42-53)73-45-74(64-35-19-18-34-63(64)73)69-55(47-22-10-9-11-23-47)29-21-30-56(69)49-38-50(70(3,4)5)41-51(39-49)71(6,7)8/h9-44,46H,1-8H3/i9D,10D,11D,22D,23D. The highest BCUT2D eigenvalue weighted by atomic mass is 16.5. The molecule has 0 aliphatic carbocycles. The van der Waals surface area contributed by atoms with E-state index in [0.29, 0.717) is 28.7 Å².